The number of carbonyl (C=O) groups is 1. The molecule has 3 radical (unpaired) electrons. The molecule has 26 heavy (non-hydrogen) atoms. The van der Waals surface area contributed by atoms with Crippen LogP contribution in [0.1, 0.15) is 130 Å². The van der Waals surface area contributed by atoms with Gasteiger partial charge in [-0.05, 0) is 12.8 Å². The van der Waals surface area contributed by atoms with Crippen molar-refractivity contribution in [3.05, 3.63) is 0 Å². The zero-order valence-electron chi connectivity index (χ0n) is 17.9. The van der Waals surface area contributed by atoms with E-state index in [2.05, 4.69) is 6.92 Å². The van der Waals surface area contributed by atoms with E-state index >= 15 is 0 Å². The Morgan fingerprint density at radius 2 is 0.962 bits per heavy atom. The molecule has 0 saturated carbocycles. The Hall–Kier alpha value is -0.0375. The van der Waals surface area contributed by atoms with Crippen LogP contribution in [-0.2, 0) is 4.79 Å². The van der Waals surface area contributed by atoms with Crippen LogP contribution in [0.5, 0.6) is 0 Å². The first-order chi connectivity index (χ1) is 12.0. The van der Waals surface area contributed by atoms with Gasteiger partial charge in [0.15, 0.2) is 0 Å². The van der Waals surface area contributed by atoms with Crippen LogP contribution in [-0.4, -0.2) is 29.4 Å². The van der Waals surface area contributed by atoms with Crippen molar-refractivity contribution in [2.24, 2.45) is 0 Å². The van der Waals surface area contributed by atoms with Gasteiger partial charge in [0.25, 0.3) is 0 Å². The van der Waals surface area contributed by atoms with Gasteiger partial charge in [0.2, 0.25) is 0 Å². The minimum absolute atomic E-state index is 0. The number of aliphatic carboxylic acids is 1. The summed E-state index contributed by atoms with van der Waals surface area (Å²) in [6.07, 6.45) is 20.2. The average Bonchev–Trinajstić information content (AvgIpc) is 2.58. The van der Waals surface area contributed by atoms with E-state index in [0.29, 0.717) is 0 Å². The third-order valence-corrected chi connectivity index (χ3v) is 4.56. The fourth-order valence-electron chi connectivity index (χ4n) is 2.64. The molecule has 0 amide bonds. The number of hydrogen-bond donors (Lipinski definition) is 0. The normalized spacial score (nSPS) is 11.2. The number of carboxylic acids is 1. The maximum absolute atomic E-state index is 10.2. The highest BCUT2D eigenvalue weighted by atomic mass is 27.0. The molecule has 155 valence electrons. The van der Waals surface area contributed by atoms with Gasteiger partial charge in [-0.1, -0.05) is 117 Å². The Labute approximate surface area is 174 Å². The number of carboxylic acid groups (broad SMARTS) is 1. The molecule has 0 saturated heterocycles. The van der Waals surface area contributed by atoms with E-state index in [-0.39, 0.29) is 29.9 Å². The molecule has 3 nitrogen and oxygen atoms in total. The molecule has 0 N–H and O–H groups in total. The molecule has 0 aromatic heterocycles. The van der Waals surface area contributed by atoms with Gasteiger partial charge in [0, 0.05) is 23.3 Å². The highest BCUT2D eigenvalue weighted by Gasteiger charge is 1.94. The van der Waals surface area contributed by atoms with Crippen LogP contribution in [0.2, 0.25) is 0 Å². The monoisotopic (exact) mass is 383 g/mol. The summed E-state index contributed by atoms with van der Waals surface area (Å²) in [5.74, 6) is -0.903. The van der Waals surface area contributed by atoms with Crippen LogP contribution in [0.4, 0.5) is 0 Å². The number of hydrogen-bond acceptors (Lipinski definition) is 3. The lowest BCUT2D eigenvalue weighted by Gasteiger charge is -2.09. The number of rotatable bonds is 17. The van der Waals surface area contributed by atoms with Crippen molar-refractivity contribution in [2.45, 2.75) is 136 Å². The van der Waals surface area contributed by atoms with Gasteiger partial charge in [0.1, 0.15) is 0 Å². The van der Waals surface area contributed by atoms with Crippen LogP contribution < -0.4 is 10.2 Å². The lowest BCUT2D eigenvalue weighted by molar-refractivity contribution is -0.414. The second-order valence-electron chi connectivity index (χ2n) is 7.29. The van der Waals surface area contributed by atoms with Crippen molar-refractivity contribution in [1.82, 2.24) is 0 Å². The van der Waals surface area contributed by atoms with E-state index in [1.807, 2.05) is 6.92 Å². The van der Waals surface area contributed by atoms with Gasteiger partial charge in [0.05, 0.1) is 0 Å². The fourth-order valence-corrected chi connectivity index (χ4v) is 2.64. The summed E-state index contributed by atoms with van der Waals surface area (Å²) in [7, 11) is 0. The predicted molar refractivity (Wildman–Crippen MR) is 110 cm³/mol. The van der Waals surface area contributed by atoms with Crippen molar-refractivity contribution >= 4 is 23.3 Å². The van der Waals surface area contributed by atoms with Gasteiger partial charge in [-0.15, -0.1) is 6.10 Å². The van der Waals surface area contributed by atoms with Gasteiger partial charge in [-0.3, -0.25) is 0 Å². The van der Waals surface area contributed by atoms with E-state index in [9.17, 15) is 15.0 Å². The summed E-state index contributed by atoms with van der Waals surface area (Å²) < 4.78 is 0. The molecule has 0 aromatic carbocycles. The van der Waals surface area contributed by atoms with Gasteiger partial charge < -0.3 is 15.0 Å². The van der Waals surface area contributed by atoms with E-state index in [0.717, 1.165) is 19.3 Å². The molecule has 0 bridgehead atoms. The first kappa shape index (κ1) is 30.7. The Kier molecular flexibility index (Phi) is 32.1. The largest absolute Gasteiger partial charge is 0.852 e. The zero-order valence-corrected chi connectivity index (χ0v) is 19.1. The minimum atomic E-state index is -0.903. The highest BCUT2D eigenvalue weighted by Crippen LogP contribution is 2.13. The Balaban J connectivity index is -0.000000772. The minimum Gasteiger partial charge on any atom is -0.852 e. The van der Waals surface area contributed by atoms with E-state index in [4.69, 9.17) is 0 Å². The van der Waals surface area contributed by atoms with Crippen LogP contribution in [0.15, 0.2) is 0 Å². The van der Waals surface area contributed by atoms with Gasteiger partial charge in [-0.2, -0.15) is 0 Å². The molecular formula is C22H44AlO3-2. The van der Waals surface area contributed by atoms with Crippen LogP contribution >= 0.6 is 0 Å². The number of carbonyl (C=O) groups excluding carboxylic acids is 1. The highest BCUT2D eigenvalue weighted by molar-refractivity contribution is 5.75. The third-order valence-electron chi connectivity index (χ3n) is 4.56. The molecule has 0 rings (SSSR count). The lowest BCUT2D eigenvalue weighted by Crippen LogP contribution is -2.21. The Morgan fingerprint density at radius 3 is 1.19 bits per heavy atom. The Bertz CT molecular complexity index is 258. The Morgan fingerprint density at radius 1 is 0.692 bits per heavy atom. The molecule has 0 heterocycles. The van der Waals surface area contributed by atoms with E-state index in [1.54, 1.807) is 6.92 Å². The first-order valence-electron chi connectivity index (χ1n) is 10.9. The molecule has 1 unspecified atom stereocenters. The third kappa shape index (κ3) is 35.1. The van der Waals surface area contributed by atoms with Crippen molar-refractivity contribution < 1.29 is 15.0 Å². The van der Waals surface area contributed by atoms with Crippen molar-refractivity contribution in [3.63, 3.8) is 0 Å². The van der Waals surface area contributed by atoms with Crippen LogP contribution in [0, 0.1) is 0 Å². The first-order valence-corrected chi connectivity index (χ1v) is 10.9. The van der Waals surface area contributed by atoms with Crippen molar-refractivity contribution in [3.8, 4) is 0 Å². The standard InChI is InChI=1S/C18H36O2.C4H9O.Al/c1-2-3-4-5-6-7-8-9-10-11-12-13-14-15-16-17-18(19)20;1-3-4(2)5;/h2-17H2,1H3,(H,19,20);4H,3H2,1-2H3;/q;-1;/p-1. The smallest absolute Gasteiger partial charge is 0.0414 e. The molecule has 0 spiro atoms. The fraction of sp³-hybridized carbons (Fsp3) is 0.955. The predicted octanol–water partition coefficient (Wildman–Crippen LogP) is 4.76. The molecule has 0 fully saturated rings. The van der Waals surface area contributed by atoms with Gasteiger partial charge in [-0.25, -0.2) is 0 Å². The summed E-state index contributed by atoms with van der Waals surface area (Å²) in [6, 6.07) is 0. The zero-order chi connectivity index (χ0) is 19.2. The maximum Gasteiger partial charge on any atom is 0.0414 e. The molecular weight excluding hydrogens is 339 g/mol. The summed E-state index contributed by atoms with van der Waals surface area (Å²) in [5.41, 5.74) is 0. The summed E-state index contributed by atoms with van der Waals surface area (Å²) >= 11 is 0. The molecule has 4 heteroatoms. The van der Waals surface area contributed by atoms with E-state index < -0.39 is 5.97 Å². The molecule has 0 aliphatic carbocycles. The SMILES string of the molecule is CCC(C)[O-].CCCCCCCCCCCCCCCCCC(=O)[O-].[Al]. The van der Waals surface area contributed by atoms with Crippen molar-refractivity contribution in [1.29, 1.82) is 0 Å². The maximum atomic E-state index is 10.2. The quantitative estimate of drug-likeness (QED) is 0.269. The van der Waals surface area contributed by atoms with Crippen molar-refractivity contribution in [2.75, 3.05) is 0 Å². The van der Waals surface area contributed by atoms with Crippen LogP contribution in [0.3, 0.4) is 0 Å². The summed E-state index contributed by atoms with van der Waals surface area (Å²) in [4.78, 5) is 10.2. The molecule has 0 aliphatic heterocycles. The second-order valence-corrected chi connectivity index (χ2v) is 7.29. The molecule has 0 aromatic rings. The summed E-state index contributed by atoms with van der Waals surface area (Å²) in [6.45, 7) is 5.82. The molecule has 1 atom stereocenters. The topological polar surface area (TPSA) is 63.2 Å². The average molecular weight is 384 g/mol. The van der Waals surface area contributed by atoms with E-state index in [1.165, 1.54) is 83.5 Å². The lowest BCUT2D eigenvalue weighted by atomic mass is 10.0. The summed E-state index contributed by atoms with van der Waals surface area (Å²) in [5, 5.41) is 20.1. The second kappa shape index (κ2) is 27.2. The van der Waals surface area contributed by atoms with Gasteiger partial charge >= 0.3 is 0 Å². The number of unbranched alkanes of at least 4 members (excludes halogenated alkanes) is 14. The molecule has 0 aliphatic rings. The van der Waals surface area contributed by atoms with Crippen LogP contribution in [0.25, 0.3) is 0 Å².